The lowest BCUT2D eigenvalue weighted by atomic mass is 9.91. The standard InChI is InChI=1S/C25H28ClNO5/c26-22-14-20(32-19-4-1-2-5-19)10-11-21(22)23(28)27-16-18-8-6-17(7-9-18)15-25(24(29)30)12-3-13-31-25/h6-11,14,19H,1-5,12-13,15-16H2,(H,27,28)(H,29,30). The van der Waals surface area contributed by atoms with Crippen LogP contribution in [0, 0.1) is 0 Å². The van der Waals surface area contributed by atoms with Gasteiger partial charge in [-0.3, -0.25) is 4.79 Å². The van der Waals surface area contributed by atoms with E-state index in [1.165, 1.54) is 12.8 Å². The molecule has 1 heterocycles. The van der Waals surface area contributed by atoms with E-state index in [0.717, 1.165) is 30.4 Å². The smallest absolute Gasteiger partial charge is 0.336 e. The number of amides is 1. The van der Waals surface area contributed by atoms with Gasteiger partial charge in [0.05, 0.1) is 16.7 Å². The number of rotatable bonds is 8. The van der Waals surface area contributed by atoms with Crippen LogP contribution in [0.15, 0.2) is 42.5 Å². The molecule has 1 atom stereocenters. The Morgan fingerprint density at radius 2 is 1.81 bits per heavy atom. The average Bonchev–Trinajstić information content (AvgIpc) is 3.46. The Labute approximate surface area is 192 Å². The summed E-state index contributed by atoms with van der Waals surface area (Å²) in [4.78, 5) is 24.2. The third kappa shape index (κ3) is 5.25. The summed E-state index contributed by atoms with van der Waals surface area (Å²) in [5.41, 5.74) is 1.09. The maximum absolute atomic E-state index is 12.6. The normalized spacial score (nSPS) is 20.9. The van der Waals surface area contributed by atoms with Crippen LogP contribution in [0.3, 0.4) is 0 Å². The van der Waals surface area contributed by atoms with Gasteiger partial charge in [0.1, 0.15) is 5.75 Å². The summed E-state index contributed by atoms with van der Waals surface area (Å²) < 4.78 is 11.5. The zero-order valence-corrected chi connectivity index (χ0v) is 18.7. The molecule has 2 fully saturated rings. The van der Waals surface area contributed by atoms with Crippen molar-refractivity contribution in [2.24, 2.45) is 0 Å². The van der Waals surface area contributed by atoms with Crippen molar-refractivity contribution in [2.45, 2.75) is 63.2 Å². The first-order chi connectivity index (χ1) is 15.4. The Morgan fingerprint density at radius 3 is 2.44 bits per heavy atom. The molecule has 4 rings (SSSR count). The summed E-state index contributed by atoms with van der Waals surface area (Å²) in [6, 6.07) is 12.7. The van der Waals surface area contributed by atoms with Gasteiger partial charge in [-0.25, -0.2) is 4.79 Å². The molecule has 7 heteroatoms. The highest BCUT2D eigenvalue weighted by Gasteiger charge is 2.42. The van der Waals surface area contributed by atoms with Crippen LogP contribution >= 0.6 is 11.6 Å². The van der Waals surface area contributed by atoms with Gasteiger partial charge in [-0.05, 0) is 67.9 Å². The molecular weight excluding hydrogens is 430 g/mol. The molecule has 1 aliphatic heterocycles. The van der Waals surface area contributed by atoms with Gasteiger partial charge < -0.3 is 19.9 Å². The maximum atomic E-state index is 12.6. The third-order valence-electron chi connectivity index (χ3n) is 6.25. The summed E-state index contributed by atoms with van der Waals surface area (Å²) >= 11 is 6.33. The Kier molecular flexibility index (Phi) is 7.01. The fraction of sp³-hybridized carbons (Fsp3) is 0.440. The van der Waals surface area contributed by atoms with Crippen LogP contribution < -0.4 is 10.1 Å². The van der Waals surface area contributed by atoms with Crippen molar-refractivity contribution in [3.63, 3.8) is 0 Å². The molecule has 170 valence electrons. The fourth-order valence-corrected chi connectivity index (χ4v) is 4.67. The van der Waals surface area contributed by atoms with E-state index in [0.29, 0.717) is 42.3 Å². The van der Waals surface area contributed by atoms with Crippen LogP contribution in [-0.2, 0) is 22.5 Å². The number of halogens is 1. The van der Waals surface area contributed by atoms with Crippen molar-refractivity contribution in [1.82, 2.24) is 5.32 Å². The number of carboxylic acid groups (broad SMARTS) is 1. The van der Waals surface area contributed by atoms with Crippen LogP contribution in [0.5, 0.6) is 5.75 Å². The van der Waals surface area contributed by atoms with Crippen LogP contribution in [0.4, 0.5) is 0 Å². The monoisotopic (exact) mass is 457 g/mol. The second kappa shape index (κ2) is 9.92. The molecule has 1 amide bonds. The SMILES string of the molecule is O=C(NCc1ccc(CC2(C(=O)O)CCCO2)cc1)c1ccc(OC2CCCC2)cc1Cl. The highest BCUT2D eigenvalue weighted by Crippen LogP contribution is 2.30. The van der Waals surface area contributed by atoms with Crippen molar-refractivity contribution in [3.05, 3.63) is 64.2 Å². The van der Waals surface area contributed by atoms with E-state index in [2.05, 4.69) is 5.32 Å². The van der Waals surface area contributed by atoms with Gasteiger partial charge in [0.2, 0.25) is 0 Å². The zero-order valence-electron chi connectivity index (χ0n) is 17.9. The van der Waals surface area contributed by atoms with E-state index in [9.17, 15) is 14.7 Å². The van der Waals surface area contributed by atoms with Crippen molar-refractivity contribution in [1.29, 1.82) is 0 Å². The molecule has 1 aliphatic carbocycles. The molecule has 1 saturated carbocycles. The van der Waals surface area contributed by atoms with E-state index in [4.69, 9.17) is 21.1 Å². The number of carbonyl (C=O) groups excluding carboxylic acids is 1. The molecule has 0 aromatic heterocycles. The molecular formula is C25H28ClNO5. The van der Waals surface area contributed by atoms with E-state index < -0.39 is 11.6 Å². The second-order valence-electron chi connectivity index (χ2n) is 8.59. The number of nitrogens with one attached hydrogen (secondary N) is 1. The number of ether oxygens (including phenoxy) is 2. The first-order valence-electron chi connectivity index (χ1n) is 11.1. The van der Waals surface area contributed by atoms with Crippen LogP contribution in [0.2, 0.25) is 5.02 Å². The molecule has 0 spiro atoms. The molecule has 0 bridgehead atoms. The van der Waals surface area contributed by atoms with Crippen molar-refractivity contribution in [2.75, 3.05) is 6.61 Å². The number of hydrogen-bond acceptors (Lipinski definition) is 4. The zero-order chi connectivity index (χ0) is 22.6. The summed E-state index contributed by atoms with van der Waals surface area (Å²) in [6.07, 6.45) is 6.34. The summed E-state index contributed by atoms with van der Waals surface area (Å²) in [5.74, 6) is -0.474. The van der Waals surface area contributed by atoms with Crippen molar-refractivity contribution in [3.8, 4) is 5.75 Å². The first kappa shape index (κ1) is 22.6. The van der Waals surface area contributed by atoms with E-state index >= 15 is 0 Å². The molecule has 2 aromatic carbocycles. The topological polar surface area (TPSA) is 84.9 Å². The van der Waals surface area contributed by atoms with Gasteiger partial charge in [0.15, 0.2) is 5.60 Å². The summed E-state index contributed by atoms with van der Waals surface area (Å²) in [6.45, 7) is 0.822. The van der Waals surface area contributed by atoms with Gasteiger partial charge in [-0.2, -0.15) is 0 Å². The van der Waals surface area contributed by atoms with Crippen LogP contribution in [-0.4, -0.2) is 35.3 Å². The van der Waals surface area contributed by atoms with Crippen molar-refractivity contribution >= 4 is 23.5 Å². The van der Waals surface area contributed by atoms with Crippen LogP contribution in [0.1, 0.15) is 60.0 Å². The number of carboxylic acids is 1. The molecule has 6 nitrogen and oxygen atoms in total. The van der Waals surface area contributed by atoms with E-state index in [1.807, 2.05) is 24.3 Å². The van der Waals surface area contributed by atoms with E-state index in [-0.39, 0.29) is 12.0 Å². The molecule has 1 saturated heterocycles. The Morgan fingerprint density at radius 1 is 1.09 bits per heavy atom. The van der Waals surface area contributed by atoms with Gasteiger partial charge in [-0.15, -0.1) is 0 Å². The summed E-state index contributed by atoms with van der Waals surface area (Å²) in [5, 5.41) is 12.8. The number of hydrogen-bond donors (Lipinski definition) is 2. The third-order valence-corrected chi connectivity index (χ3v) is 6.56. The fourth-order valence-electron chi connectivity index (χ4n) is 4.42. The first-order valence-corrected chi connectivity index (χ1v) is 11.5. The lowest BCUT2D eigenvalue weighted by molar-refractivity contribution is -0.159. The van der Waals surface area contributed by atoms with E-state index in [1.54, 1.807) is 18.2 Å². The molecule has 2 aliphatic rings. The minimum Gasteiger partial charge on any atom is -0.490 e. The summed E-state index contributed by atoms with van der Waals surface area (Å²) in [7, 11) is 0. The molecule has 0 radical (unpaired) electrons. The lowest BCUT2D eigenvalue weighted by Crippen LogP contribution is -2.40. The predicted octanol–water partition coefficient (Wildman–Crippen LogP) is 4.77. The average molecular weight is 458 g/mol. The largest absolute Gasteiger partial charge is 0.490 e. The van der Waals surface area contributed by atoms with Crippen LogP contribution in [0.25, 0.3) is 0 Å². The van der Waals surface area contributed by atoms with Gasteiger partial charge in [-0.1, -0.05) is 35.9 Å². The Hall–Kier alpha value is -2.57. The minimum atomic E-state index is -1.12. The highest BCUT2D eigenvalue weighted by molar-refractivity contribution is 6.34. The maximum Gasteiger partial charge on any atom is 0.336 e. The van der Waals surface area contributed by atoms with Gasteiger partial charge in [0, 0.05) is 19.6 Å². The quantitative estimate of drug-likeness (QED) is 0.596. The lowest BCUT2D eigenvalue weighted by Gasteiger charge is -2.23. The van der Waals surface area contributed by atoms with Gasteiger partial charge >= 0.3 is 5.97 Å². The predicted molar refractivity (Wildman–Crippen MR) is 121 cm³/mol. The number of aliphatic carboxylic acids is 1. The molecule has 1 unspecified atom stereocenters. The minimum absolute atomic E-state index is 0.235. The highest BCUT2D eigenvalue weighted by atomic mass is 35.5. The number of carbonyl (C=O) groups is 2. The Balaban J connectivity index is 1.32. The second-order valence-corrected chi connectivity index (χ2v) is 9.00. The van der Waals surface area contributed by atoms with Gasteiger partial charge in [0.25, 0.3) is 5.91 Å². The molecule has 2 aromatic rings. The van der Waals surface area contributed by atoms with Crippen molar-refractivity contribution < 1.29 is 24.2 Å². The Bertz CT molecular complexity index is 963. The molecule has 32 heavy (non-hydrogen) atoms. The molecule has 2 N–H and O–H groups in total. The number of benzene rings is 2.